The second-order valence-electron chi connectivity index (χ2n) is 5.88. The van der Waals surface area contributed by atoms with E-state index in [1.165, 1.54) is 0 Å². The van der Waals surface area contributed by atoms with Gasteiger partial charge >= 0.3 is 0 Å². The van der Waals surface area contributed by atoms with E-state index in [1.54, 1.807) is 37.3 Å². The highest BCUT2D eigenvalue weighted by Gasteiger charge is 2.29. The van der Waals surface area contributed by atoms with E-state index in [0.717, 1.165) is 21.7 Å². The lowest BCUT2D eigenvalue weighted by molar-refractivity contribution is -0.122. The Kier molecular flexibility index (Phi) is 6.08. The van der Waals surface area contributed by atoms with Crippen LogP contribution in [0.1, 0.15) is 18.1 Å². The summed E-state index contributed by atoms with van der Waals surface area (Å²) in [6, 6.07) is 13.3. The molecule has 0 aliphatic rings. The lowest BCUT2D eigenvalue weighted by Crippen LogP contribution is -2.47. The van der Waals surface area contributed by atoms with Crippen molar-refractivity contribution in [2.45, 2.75) is 26.4 Å². The molecule has 2 aromatic rings. The van der Waals surface area contributed by atoms with Gasteiger partial charge in [0.05, 0.1) is 11.9 Å². The van der Waals surface area contributed by atoms with Gasteiger partial charge in [-0.25, -0.2) is 8.42 Å². The zero-order chi connectivity index (χ0) is 18.6. The second-order valence-corrected chi connectivity index (χ2v) is 8.15. The molecular formula is C18H21ClN2O3S. The minimum atomic E-state index is -3.62. The predicted octanol–water partition coefficient (Wildman–Crippen LogP) is 3.12. The Morgan fingerprint density at radius 3 is 2.48 bits per heavy atom. The molecule has 0 aliphatic heterocycles. The fourth-order valence-electron chi connectivity index (χ4n) is 2.55. The molecule has 1 unspecified atom stereocenters. The third-order valence-electron chi connectivity index (χ3n) is 3.76. The van der Waals surface area contributed by atoms with E-state index in [2.05, 4.69) is 5.32 Å². The molecule has 5 nitrogen and oxygen atoms in total. The molecule has 0 bridgehead atoms. The highest BCUT2D eigenvalue weighted by atomic mass is 35.5. The Hall–Kier alpha value is -2.05. The molecule has 0 spiro atoms. The lowest BCUT2D eigenvalue weighted by atomic mass is 10.2. The summed E-state index contributed by atoms with van der Waals surface area (Å²) in [5.41, 5.74) is 2.14. The van der Waals surface area contributed by atoms with Crippen molar-refractivity contribution in [2.75, 3.05) is 10.6 Å². The molecule has 0 saturated heterocycles. The van der Waals surface area contributed by atoms with Gasteiger partial charge in [-0.3, -0.25) is 9.10 Å². The average molecular weight is 381 g/mol. The summed E-state index contributed by atoms with van der Waals surface area (Å²) in [4.78, 5) is 12.5. The van der Waals surface area contributed by atoms with Crippen molar-refractivity contribution in [3.8, 4) is 0 Å². The van der Waals surface area contributed by atoms with Gasteiger partial charge in [0.15, 0.2) is 0 Å². The first kappa shape index (κ1) is 19.3. The van der Waals surface area contributed by atoms with Crippen LogP contribution in [-0.4, -0.2) is 26.6 Å². The fourth-order valence-corrected chi connectivity index (χ4v) is 3.91. The molecule has 2 aromatic carbocycles. The topological polar surface area (TPSA) is 66.5 Å². The number of carbonyl (C=O) groups is 1. The Morgan fingerprint density at radius 1 is 1.20 bits per heavy atom. The van der Waals surface area contributed by atoms with Gasteiger partial charge in [-0.1, -0.05) is 41.9 Å². The van der Waals surface area contributed by atoms with E-state index in [4.69, 9.17) is 11.6 Å². The highest BCUT2D eigenvalue weighted by Crippen LogP contribution is 2.22. The van der Waals surface area contributed by atoms with Gasteiger partial charge in [0.1, 0.15) is 6.04 Å². The van der Waals surface area contributed by atoms with Crippen LogP contribution in [0.5, 0.6) is 0 Å². The van der Waals surface area contributed by atoms with Crippen LogP contribution in [0.3, 0.4) is 0 Å². The first-order valence-corrected chi connectivity index (χ1v) is 10.00. The fraction of sp³-hybridized carbons (Fsp3) is 0.278. The van der Waals surface area contributed by atoms with Crippen LogP contribution < -0.4 is 9.62 Å². The van der Waals surface area contributed by atoms with Gasteiger partial charge in [-0.2, -0.15) is 0 Å². The molecule has 0 saturated carbocycles. The molecule has 0 aromatic heterocycles. The van der Waals surface area contributed by atoms with Gasteiger partial charge in [0, 0.05) is 11.6 Å². The van der Waals surface area contributed by atoms with Gasteiger partial charge in [-0.15, -0.1) is 0 Å². The number of hydrogen-bond donors (Lipinski definition) is 1. The Labute approximate surface area is 153 Å². The largest absolute Gasteiger partial charge is 0.350 e. The van der Waals surface area contributed by atoms with Crippen molar-refractivity contribution in [2.24, 2.45) is 0 Å². The van der Waals surface area contributed by atoms with Gasteiger partial charge in [0.2, 0.25) is 15.9 Å². The standard InChI is InChI=1S/C18H21ClN2O3S/c1-13-7-6-9-16(11-13)21(25(3,23)24)14(2)18(22)20-12-15-8-4-5-10-17(15)19/h4-11,14H,12H2,1-3H3,(H,20,22). The first-order valence-electron chi connectivity index (χ1n) is 7.77. The number of anilines is 1. The molecule has 134 valence electrons. The normalized spacial score (nSPS) is 12.5. The average Bonchev–Trinajstić information content (AvgIpc) is 2.52. The number of halogens is 1. The number of benzene rings is 2. The highest BCUT2D eigenvalue weighted by molar-refractivity contribution is 7.92. The summed E-state index contributed by atoms with van der Waals surface area (Å²) in [6.45, 7) is 3.66. The van der Waals surface area contributed by atoms with Crippen LogP contribution in [0.2, 0.25) is 5.02 Å². The minimum Gasteiger partial charge on any atom is -0.350 e. The maximum Gasteiger partial charge on any atom is 0.243 e. The van der Waals surface area contributed by atoms with Gasteiger partial charge in [-0.05, 0) is 43.2 Å². The van der Waals surface area contributed by atoms with E-state index < -0.39 is 22.0 Å². The third-order valence-corrected chi connectivity index (χ3v) is 5.37. The maximum absolute atomic E-state index is 12.5. The van der Waals surface area contributed by atoms with Crippen molar-refractivity contribution >= 4 is 33.2 Å². The molecule has 1 atom stereocenters. The molecule has 0 fully saturated rings. The van der Waals surface area contributed by atoms with E-state index >= 15 is 0 Å². The monoisotopic (exact) mass is 380 g/mol. The summed E-state index contributed by atoms with van der Waals surface area (Å²) in [6.07, 6.45) is 1.09. The van der Waals surface area contributed by atoms with Crippen molar-refractivity contribution in [3.63, 3.8) is 0 Å². The SMILES string of the molecule is Cc1cccc(N(C(C)C(=O)NCc2ccccc2Cl)S(C)(=O)=O)c1. The van der Waals surface area contributed by atoms with Crippen molar-refractivity contribution in [1.29, 1.82) is 0 Å². The van der Waals surface area contributed by atoms with Gasteiger partial charge < -0.3 is 5.32 Å². The predicted molar refractivity (Wildman–Crippen MR) is 101 cm³/mol. The smallest absolute Gasteiger partial charge is 0.243 e. The van der Waals surface area contributed by atoms with Crippen LogP contribution in [0.15, 0.2) is 48.5 Å². The van der Waals surface area contributed by atoms with Crippen LogP contribution in [0.4, 0.5) is 5.69 Å². The molecule has 0 radical (unpaired) electrons. The molecule has 0 heterocycles. The maximum atomic E-state index is 12.5. The quantitative estimate of drug-likeness (QED) is 0.837. The molecule has 25 heavy (non-hydrogen) atoms. The van der Waals surface area contributed by atoms with E-state index in [1.807, 2.05) is 25.1 Å². The third kappa shape index (κ3) is 4.96. The number of sulfonamides is 1. The number of rotatable bonds is 6. The summed E-state index contributed by atoms with van der Waals surface area (Å²) in [7, 11) is -3.62. The zero-order valence-electron chi connectivity index (χ0n) is 14.4. The molecular weight excluding hydrogens is 360 g/mol. The molecule has 1 N–H and O–H groups in total. The van der Waals surface area contributed by atoms with E-state index in [0.29, 0.717) is 10.7 Å². The zero-order valence-corrected chi connectivity index (χ0v) is 15.9. The van der Waals surface area contributed by atoms with Crippen LogP contribution in [0, 0.1) is 6.92 Å². The summed E-state index contributed by atoms with van der Waals surface area (Å²) < 4.78 is 25.6. The summed E-state index contributed by atoms with van der Waals surface area (Å²) >= 11 is 6.08. The van der Waals surface area contributed by atoms with Crippen LogP contribution >= 0.6 is 11.6 Å². The Balaban J connectivity index is 2.20. The lowest BCUT2D eigenvalue weighted by Gasteiger charge is -2.28. The molecule has 1 amide bonds. The van der Waals surface area contributed by atoms with Crippen molar-refractivity contribution < 1.29 is 13.2 Å². The summed E-state index contributed by atoms with van der Waals surface area (Å²) in [5.74, 6) is -0.396. The van der Waals surface area contributed by atoms with Crippen LogP contribution in [0.25, 0.3) is 0 Å². The molecule has 0 aliphatic carbocycles. The number of nitrogens with one attached hydrogen (secondary N) is 1. The second kappa shape index (κ2) is 7.89. The Morgan fingerprint density at radius 2 is 1.88 bits per heavy atom. The van der Waals surface area contributed by atoms with E-state index in [-0.39, 0.29) is 6.54 Å². The number of aryl methyl sites for hydroxylation is 1. The van der Waals surface area contributed by atoms with Gasteiger partial charge in [0.25, 0.3) is 0 Å². The number of carbonyl (C=O) groups excluding carboxylic acids is 1. The first-order chi connectivity index (χ1) is 11.7. The Bertz CT molecular complexity index is 868. The van der Waals surface area contributed by atoms with E-state index in [9.17, 15) is 13.2 Å². The van der Waals surface area contributed by atoms with Crippen LogP contribution in [-0.2, 0) is 21.4 Å². The minimum absolute atomic E-state index is 0.230. The molecule has 2 rings (SSSR count). The van der Waals surface area contributed by atoms with Crippen molar-refractivity contribution in [1.82, 2.24) is 5.32 Å². The number of nitrogens with zero attached hydrogens (tertiary/aromatic N) is 1. The summed E-state index contributed by atoms with van der Waals surface area (Å²) in [5, 5.41) is 3.30. The van der Waals surface area contributed by atoms with Crippen molar-refractivity contribution in [3.05, 3.63) is 64.7 Å². The number of amides is 1. The molecule has 7 heteroatoms. The number of hydrogen-bond acceptors (Lipinski definition) is 3.